The lowest BCUT2D eigenvalue weighted by atomic mass is 9.88. The van der Waals surface area contributed by atoms with Crippen LogP contribution >= 0.6 is 11.6 Å². The fourth-order valence-corrected chi connectivity index (χ4v) is 3.98. The van der Waals surface area contributed by atoms with Crippen molar-refractivity contribution >= 4 is 35.2 Å². The van der Waals surface area contributed by atoms with Gasteiger partial charge in [0.2, 0.25) is 0 Å². The van der Waals surface area contributed by atoms with Crippen LogP contribution in [-0.2, 0) is 9.47 Å². The minimum absolute atomic E-state index is 0.0279. The number of hydrogen-bond acceptors (Lipinski definition) is 6. The van der Waals surface area contributed by atoms with Gasteiger partial charge in [-0.05, 0) is 66.1 Å². The second-order valence-electron chi connectivity index (χ2n) is 8.09. The Kier molecular flexibility index (Phi) is 10.1. The number of amides is 2. The average Bonchev–Trinajstić information content (AvgIpc) is 2.89. The Bertz CT molecular complexity index is 1080. The highest BCUT2D eigenvalue weighted by Crippen LogP contribution is 2.30. The van der Waals surface area contributed by atoms with Crippen LogP contribution in [0.3, 0.4) is 0 Å². The lowest BCUT2D eigenvalue weighted by Gasteiger charge is -2.20. The predicted octanol–water partition coefficient (Wildman–Crippen LogP) is 5.54. The molecule has 3 aromatic rings. The SMILES string of the molecule is COC(=O)Nc1ccc(C(CCNC[C@H](O)c2cccc(Cl)c2)c2ccc(NC(=O)OC)cc2)cc1. The molecule has 8 nitrogen and oxygen atoms in total. The van der Waals surface area contributed by atoms with Crippen LogP contribution in [0.2, 0.25) is 5.02 Å². The maximum Gasteiger partial charge on any atom is 0.411 e. The summed E-state index contributed by atoms with van der Waals surface area (Å²) in [6.45, 7) is 1.03. The van der Waals surface area contributed by atoms with E-state index in [9.17, 15) is 14.7 Å². The first kappa shape index (κ1) is 27.0. The molecule has 9 heteroatoms. The molecule has 3 rings (SSSR count). The largest absolute Gasteiger partial charge is 0.453 e. The van der Waals surface area contributed by atoms with E-state index in [0.29, 0.717) is 29.5 Å². The number of anilines is 2. The topological polar surface area (TPSA) is 109 Å². The van der Waals surface area contributed by atoms with Gasteiger partial charge >= 0.3 is 12.2 Å². The van der Waals surface area contributed by atoms with Crippen LogP contribution in [-0.4, -0.2) is 44.6 Å². The van der Waals surface area contributed by atoms with E-state index in [1.165, 1.54) is 14.2 Å². The molecule has 0 aliphatic rings. The van der Waals surface area contributed by atoms with Crippen LogP contribution < -0.4 is 16.0 Å². The zero-order valence-corrected chi connectivity index (χ0v) is 20.9. The first-order valence-corrected chi connectivity index (χ1v) is 11.8. The summed E-state index contributed by atoms with van der Waals surface area (Å²) in [5.41, 5.74) is 4.12. The van der Waals surface area contributed by atoms with E-state index in [-0.39, 0.29) is 5.92 Å². The summed E-state index contributed by atoms with van der Waals surface area (Å²) in [5.74, 6) is 0.0279. The zero-order chi connectivity index (χ0) is 25.9. The molecule has 0 radical (unpaired) electrons. The van der Waals surface area contributed by atoms with Gasteiger partial charge in [0.05, 0.1) is 20.3 Å². The molecule has 0 saturated carbocycles. The first-order chi connectivity index (χ1) is 17.4. The molecule has 0 fully saturated rings. The van der Waals surface area contributed by atoms with Crippen LogP contribution in [0.1, 0.15) is 35.1 Å². The highest BCUT2D eigenvalue weighted by atomic mass is 35.5. The highest BCUT2D eigenvalue weighted by Gasteiger charge is 2.16. The maximum absolute atomic E-state index is 11.5. The molecule has 0 unspecified atom stereocenters. The number of ether oxygens (including phenoxy) is 2. The molecule has 190 valence electrons. The van der Waals surface area contributed by atoms with Crippen LogP contribution in [0.4, 0.5) is 21.0 Å². The van der Waals surface area contributed by atoms with E-state index in [1.54, 1.807) is 12.1 Å². The number of hydrogen-bond donors (Lipinski definition) is 4. The van der Waals surface area contributed by atoms with Gasteiger partial charge in [-0.1, -0.05) is 48.0 Å². The molecule has 4 N–H and O–H groups in total. The van der Waals surface area contributed by atoms with Crippen molar-refractivity contribution in [1.82, 2.24) is 5.32 Å². The summed E-state index contributed by atoms with van der Waals surface area (Å²) in [6.07, 6.45) is -0.990. The monoisotopic (exact) mass is 511 g/mol. The summed E-state index contributed by atoms with van der Waals surface area (Å²) in [5, 5.41) is 19.7. The molecule has 0 aliphatic carbocycles. The van der Waals surface area contributed by atoms with Crippen LogP contribution in [0.5, 0.6) is 0 Å². The van der Waals surface area contributed by atoms with Crippen LogP contribution in [0, 0.1) is 0 Å². The van der Waals surface area contributed by atoms with Crippen molar-refractivity contribution in [3.05, 3.63) is 94.5 Å². The molecule has 1 atom stereocenters. The van der Waals surface area contributed by atoms with Crippen molar-refractivity contribution < 1.29 is 24.2 Å². The third-order valence-electron chi connectivity index (χ3n) is 5.67. The lowest BCUT2D eigenvalue weighted by Crippen LogP contribution is -2.24. The fraction of sp³-hybridized carbons (Fsp3) is 0.259. The van der Waals surface area contributed by atoms with Gasteiger partial charge in [0.25, 0.3) is 0 Å². The van der Waals surface area contributed by atoms with Gasteiger partial charge in [-0.2, -0.15) is 0 Å². The lowest BCUT2D eigenvalue weighted by molar-refractivity contribution is 0.174. The summed E-state index contributed by atoms with van der Waals surface area (Å²) < 4.78 is 9.29. The van der Waals surface area contributed by atoms with E-state index in [1.807, 2.05) is 60.7 Å². The molecule has 0 saturated heterocycles. The van der Waals surface area contributed by atoms with Gasteiger partial charge < -0.3 is 19.9 Å². The Morgan fingerprint density at radius 3 is 1.83 bits per heavy atom. The Hall–Kier alpha value is -3.59. The van der Waals surface area contributed by atoms with Gasteiger partial charge in [0.15, 0.2) is 0 Å². The number of halogens is 1. The summed E-state index contributed by atoms with van der Waals surface area (Å²) >= 11 is 6.03. The highest BCUT2D eigenvalue weighted by molar-refractivity contribution is 6.30. The van der Waals surface area contributed by atoms with E-state index >= 15 is 0 Å². The van der Waals surface area contributed by atoms with E-state index in [2.05, 4.69) is 25.4 Å². The summed E-state index contributed by atoms with van der Waals surface area (Å²) in [4.78, 5) is 23.0. The number of nitrogens with one attached hydrogen (secondary N) is 3. The van der Waals surface area contributed by atoms with Crippen molar-refractivity contribution in [2.45, 2.75) is 18.4 Å². The second kappa shape index (κ2) is 13.5. The molecule has 0 bridgehead atoms. The molecule has 36 heavy (non-hydrogen) atoms. The Morgan fingerprint density at radius 2 is 1.36 bits per heavy atom. The van der Waals surface area contributed by atoms with Gasteiger partial charge in [0, 0.05) is 28.9 Å². The maximum atomic E-state index is 11.5. The van der Waals surface area contributed by atoms with E-state index in [4.69, 9.17) is 11.6 Å². The number of rotatable bonds is 10. The summed E-state index contributed by atoms with van der Waals surface area (Å²) in [6, 6.07) is 22.3. The molecule has 0 spiro atoms. The van der Waals surface area contributed by atoms with Crippen molar-refractivity contribution in [3.8, 4) is 0 Å². The number of benzene rings is 3. The molecular weight excluding hydrogens is 482 g/mol. The van der Waals surface area contributed by atoms with Crippen molar-refractivity contribution in [2.75, 3.05) is 37.9 Å². The minimum Gasteiger partial charge on any atom is -0.453 e. The van der Waals surface area contributed by atoms with Crippen LogP contribution in [0.15, 0.2) is 72.8 Å². The summed E-state index contributed by atoms with van der Waals surface area (Å²) in [7, 11) is 2.63. The first-order valence-electron chi connectivity index (χ1n) is 11.4. The molecule has 0 aliphatic heterocycles. The zero-order valence-electron chi connectivity index (χ0n) is 20.2. The third-order valence-corrected chi connectivity index (χ3v) is 5.91. The van der Waals surface area contributed by atoms with Crippen molar-refractivity contribution in [2.24, 2.45) is 0 Å². The normalized spacial score (nSPS) is 11.6. The molecule has 2 amide bonds. The number of aliphatic hydroxyl groups is 1. The standard InChI is InChI=1S/C27H30ClN3O5/c1-35-26(33)30-22-10-6-18(7-11-22)24(19-8-12-23(13-9-19)31-27(34)36-2)14-15-29-17-25(32)20-4-3-5-21(28)16-20/h3-13,16,24-25,29,32H,14-15,17H2,1-2H3,(H,30,33)(H,31,34)/t25-/m0/s1. The predicted molar refractivity (Wildman–Crippen MR) is 141 cm³/mol. The van der Waals surface area contributed by atoms with Gasteiger partial charge in [-0.3, -0.25) is 10.6 Å². The number of aliphatic hydroxyl groups excluding tert-OH is 1. The number of carbonyl (C=O) groups is 2. The van der Waals surface area contributed by atoms with Gasteiger partial charge in [0.1, 0.15) is 0 Å². The second-order valence-corrected chi connectivity index (χ2v) is 8.53. The van der Waals surface area contributed by atoms with E-state index in [0.717, 1.165) is 23.1 Å². The number of methoxy groups -OCH3 is 2. The van der Waals surface area contributed by atoms with E-state index < -0.39 is 18.3 Å². The van der Waals surface area contributed by atoms with Crippen molar-refractivity contribution in [3.63, 3.8) is 0 Å². The Balaban J connectivity index is 1.70. The van der Waals surface area contributed by atoms with Crippen LogP contribution in [0.25, 0.3) is 0 Å². The molecule has 0 aromatic heterocycles. The Labute approximate surface area is 215 Å². The van der Waals surface area contributed by atoms with Gasteiger partial charge in [-0.15, -0.1) is 0 Å². The minimum atomic E-state index is -0.672. The average molecular weight is 512 g/mol. The third kappa shape index (κ3) is 7.98. The fourth-order valence-electron chi connectivity index (χ4n) is 3.78. The van der Waals surface area contributed by atoms with Gasteiger partial charge in [-0.25, -0.2) is 9.59 Å². The smallest absolute Gasteiger partial charge is 0.411 e. The number of carbonyl (C=O) groups excluding carboxylic acids is 2. The van der Waals surface area contributed by atoms with Crippen molar-refractivity contribution in [1.29, 1.82) is 0 Å². The molecular formula is C27H30ClN3O5. The Morgan fingerprint density at radius 1 is 0.833 bits per heavy atom. The molecule has 0 heterocycles. The molecule has 3 aromatic carbocycles. The quantitative estimate of drug-likeness (QED) is 0.266.